The number of hydrogen-bond acceptors (Lipinski definition) is 4. The van der Waals surface area contributed by atoms with E-state index in [1.165, 1.54) is 0 Å². The van der Waals surface area contributed by atoms with Crippen LogP contribution >= 0.6 is 0 Å². The maximum atomic E-state index is 12.5. The molecule has 0 saturated carbocycles. The lowest BCUT2D eigenvalue weighted by Crippen LogP contribution is -2.20. The van der Waals surface area contributed by atoms with Crippen molar-refractivity contribution in [1.29, 1.82) is 0 Å². The number of carbonyl (C=O) groups is 1. The summed E-state index contributed by atoms with van der Waals surface area (Å²) in [4.78, 5) is 12.5. The van der Waals surface area contributed by atoms with Gasteiger partial charge in [-0.3, -0.25) is 4.79 Å². The van der Waals surface area contributed by atoms with Crippen molar-refractivity contribution in [2.24, 2.45) is 5.10 Å². The second kappa shape index (κ2) is 6.81. The van der Waals surface area contributed by atoms with Crippen molar-refractivity contribution in [3.8, 4) is 5.75 Å². The van der Waals surface area contributed by atoms with Gasteiger partial charge in [-0.05, 0) is 38.5 Å². The highest BCUT2D eigenvalue weighted by molar-refractivity contribution is 6.04. The SMILES string of the molecule is CC/C(=N\NC(=O)c1oc2ccccc2c1C)c1cc(C)ccc1O. The predicted molar refractivity (Wildman–Crippen MR) is 98.1 cm³/mol. The van der Waals surface area contributed by atoms with Crippen molar-refractivity contribution in [1.82, 2.24) is 5.43 Å². The van der Waals surface area contributed by atoms with Crippen molar-refractivity contribution < 1.29 is 14.3 Å². The zero-order valence-electron chi connectivity index (χ0n) is 14.5. The predicted octanol–water partition coefficient (Wildman–Crippen LogP) is 4.30. The Kier molecular flexibility index (Phi) is 4.57. The van der Waals surface area contributed by atoms with E-state index < -0.39 is 5.91 Å². The first-order valence-corrected chi connectivity index (χ1v) is 8.16. The Morgan fingerprint density at radius 1 is 1.20 bits per heavy atom. The number of hydrazone groups is 1. The van der Waals surface area contributed by atoms with Crippen molar-refractivity contribution >= 4 is 22.6 Å². The van der Waals surface area contributed by atoms with E-state index in [0.717, 1.165) is 16.5 Å². The van der Waals surface area contributed by atoms with Gasteiger partial charge in [-0.25, -0.2) is 5.43 Å². The summed E-state index contributed by atoms with van der Waals surface area (Å²) in [5.41, 5.74) is 6.21. The molecule has 0 bridgehead atoms. The second-order valence-electron chi connectivity index (χ2n) is 5.93. The Labute approximate surface area is 146 Å². The van der Waals surface area contributed by atoms with Gasteiger partial charge in [0.25, 0.3) is 0 Å². The molecule has 0 spiro atoms. The molecule has 2 aromatic carbocycles. The van der Waals surface area contributed by atoms with Crippen LogP contribution in [0.3, 0.4) is 0 Å². The number of fused-ring (bicyclic) bond motifs is 1. The number of carbonyl (C=O) groups excluding carboxylic acids is 1. The van der Waals surface area contributed by atoms with Crippen LogP contribution in [-0.2, 0) is 0 Å². The molecule has 0 atom stereocenters. The average molecular weight is 336 g/mol. The highest BCUT2D eigenvalue weighted by Gasteiger charge is 2.17. The van der Waals surface area contributed by atoms with E-state index in [1.54, 1.807) is 6.07 Å². The summed E-state index contributed by atoms with van der Waals surface area (Å²) < 4.78 is 5.64. The summed E-state index contributed by atoms with van der Waals surface area (Å²) >= 11 is 0. The van der Waals surface area contributed by atoms with E-state index in [1.807, 2.05) is 57.2 Å². The van der Waals surface area contributed by atoms with Crippen molar-refractivity contribution in [3.05, 3.63) is 64.9 Å². The van der Waals surface area contributed by atoms with Gasteiger partial charge in [-0.1, -0.05) is 36.8 Å². The van der Waals surface area contributed by atoms with Crippen LogP contribution in [-0.4, -0.2) is 16.7 Å². The van der Waals surface area contributed by atoms with Crippen LogP contribution in [0.2, 0.25) is 0 Å². The lowest BCUT2D eigenvalue weighted by Gasteiger charge is -2.08. The van der Waals surface area contributed by atoms with Gasteiger partial charge >= 0.3 is 5.91 Å². The van der Waals surface area contributed by atoms with E-state index >= 15 is 0 Å². The molecule has 5 nitrogen and oxygen atoms in total. The molecule has 25 heavy (non-hydrogen) atoms. The standard InChI is InChI=1S/C20H20N2O3/c1-4-16(15-11-12(2)9-10-17(15)23)21-22-20(24)19-13(3)14-7-5-6-8-18(14)25-19/h5-11,23H,4H2,1-3H3,(H,22,24)/b21-16+. The highest BCUT2D eigenvalue weighted by Crippen LogP contribution is 2.25. The quantitative estimate of drug-likeness (QED) is 0.551. The van der Waals surface area contributed by atoms with Crippen LogP contribution in [0.1, 0.15) is 40.6 Å². The fourth-order valence-corrected chi connectivity index (χ4v) is 2.77. The number of furan rings is 1. The van der Waals surface area contributed by atoms with Crippen LogP contribution in [0.5, 0.6) is 5.75 Å². The molecule has 128 valence electrons. The average Bonchev–Trinajstić information content (AvgIpc) is 2.95. The zero-order valence-corrected chi connectivity index (χ0v) is 14.5. The molecule has 0 aliphatic rings. The molecule has 0 aliphatic heterocycles. The number of para-hydroxylation sites is 1. The first-order chi connectivity index (χ1) is 12.0. The maximum Gasteiger partial charge on any atom is 0.307 e. The number of aromatic hydroxyl groups is 1. The molecule has 1 heterocycles. The van der Waals surface area contributed by atoms with Gasteiger partial charge in [0.2, 0.25) is 0 Å². The summed E-state index contributed by atoms with van der Waals surface area (Å²) in [6.45, 7) is 5.70. The number of benzene rings is 2. The Bertz CT molecular complexity index is 970. The van der Waals surface area contributed by atoms with E-state index in [-0.39, 0.29) is 11.5 Å². The van der Waals surface area contributed by atoms with Crippen molar-refractivity contribution in [2.45, 2.75) is 27.2 Å². The fraction of sp³-hybridized carbons (Fsp3) is 0.200. The topological polar surface area (TPSA) is 74.8 Å². The molecule has 0 radical (unpaired) electrons. The maximum absolute atomic E-state index is 12.5. The molecule has 3 aromatic rings. The Balaban J connectivity index is 1.89. The first-order valence-electron chi connectivity index (χ1n) is 8.16. The molecule has 5 heteroatoms. The Morgan fingerprint density at radius 2 is 1.96 bits per heavy atom. The molecule has 0 saturated heterocycles. The number of nitrogens with zero attached hydrogens (tertiary/aromatic N) is 1. The van der Waals surface area contributed by atoms with Crippen LogP contribution in [0, 0.1) is 13.8 Å². The molecule has 0 fully saturated rings. The van der Waals surface area contributed by atoms with Crippen LogP contribution in [0.15, 0.2) is 52.0 Å². The van der Waals surface area contributed by atoms with Gasteiger partial charge in [-0.15, -0.1) is 0 Å². The van der Waals surface area contributed by atoms with Crippen LogP contribution in [0.25, 0.3) is 11.0 Å². The van der Waals surface area contributed by atoms with Crippen molar-refractivity contribution in [2.75, 3.05) is 0 Å². The van der Waals surface area contributed by atoms with E-state index in [9.17, 15) is 9.90 Å². The molecular weight excluding hydrogens is 316 g/mol. The summed E-state index contributed by atoms with van der Waals surface area (Å²) in [6, 6.07) is 12.8. The minimum atomic E-state index is -0.410. The number of rotatable bonds is 4. The van der Waals surface area contributed by atoms with Gasteiger partial charge in [0.05, 0.1) is 5.71 Å². The van der Waals surface area contributed by atoms with E-state index in [0.29, 0.717) is 23.3 Å². The number of phenols is 1. The van der Waals surface area contributed by atoms with E-state index in [2.05, 4.69) is 10.5 Å². The third kappa shape index (κ3) is 3.26. The summed E-state index contributed by atoms with van der Waals surface area (Å²) in [5, 5.41) is 15.2. The molecule has 2 N–H and O–H groups in total. The number of phenolic OH excluding ortho intramolecular Hbond substituents is 1. The molecule has 3 rings (SSSR count). The number of hydrogen-bond donors (Lipinski definition) is 2. The van der Waals surface area contributed by atoms with Gasteiger partial charge in [-0.2, -0.15) is 5.10 Å². The molecular formula is C20H20N2O3. The monoisotopic (exact) mass is 336 g/mol. The molecule has 0 aliphatic carbocycles. The van der Waals surface area contributed by atoms with Crippen molar-refractivity contribution in [3.63, 3.8) is 0 Å². The van der Waals surface area contributed by atoms with Crippen LogP contribution in [0.4, 0.5) is 0 Å². The smallest absolute Gasteiger partial charge is 0.307 e. The van der Waals surface area contributed by atoms with Gasteiger partial charge in [0.15, 0.2) is 5.76 Å². The minimum absolute atomic E-state index is 0.139. The zero-order chi connectivity index (χ0) is 18.0. The van der Waals surface area contributed by atoms with Gasteiger partial charge in [0, 0.05) is 16.5 Å². The minimum Gasteiger partial charge on any atom is -0.507 e. The van der Waals surface area contributed by atoms with E-state index in [4.69, 9.17) is 4.42 Å². The molecule has 1 aromatic heterocycles. The Morgan fingerprint density at radius 3 is 2.68 bits per heavy atom. The molecule has 1 amide bonds. The normalized spacial score (nSPS) is 11.7. The largest absolute Gasteiger partial charge is 0.507 e. The number of nitrogens with one attached hydrogen (secondary N) is 1. The number of amides is 1. The lowest BCUT2D eigenvalue weighted by atomic mass is 10.0. The van der Waals surface area contributed by atoms with Gasteiger partial charge in [0.1, 0.15) is 11.3 Å². The summed E-state index contributed by atoms with van der Waals surface area (Å²) in [7, 11) is 0. The first kappa shape index (κ1) is 16.8. The third-order valence-corrected chi connectivity index (χ3v) is 4.14. The lowest BCUT2D eigenvalue weighted by molar-refractivity contribution is 0.0928. The summed E-state index contributed by atoms with van der Waals surface area (Å²) in [5.74, 6) is -0.0268. The second-order valence-corrected chi connectivity index (χ2v) is 5.93. The molecule has 0 unspecified atom stereocenters. The third-order valence-electron chi connectivity index (χ3n) is 4.14. The van der Waals surface area contributed by atoms with Gasteiger partial charge < -0.3 is 9.52 Å². The number of aryl methyl sites for hydroxylation is 2. The fourth-order valence-electron chi connectivity index (χ4n) is 2.77. The highest BCUT2D eigenvalue weighted by atomic mass is 16.3. The Hall–Kier alpha value is -3.08. The van der Waals surface area contributed by atoms with Crippen LogP contribution < -0.4 is 5.43 Å². The summed E-state index contributed by atoms with van der Waals surface area (Å²) in [6.07, 6.45) is 0.566.